The van der Waals surface area contributed by atoms with Crippen molar-refractivity contribution in [2.45, 2.75) is 37.5 Å². The molecule has 0 aliphatic heterocycles. The van der Waals surface area contributed by atoms with E-state index in [1.807, 2.05) is 0 Å². The van der Waals surface area contributed by atoms with Gasteiger partial charge in [-0.25, -0.2) is 13.1 Å². The van der Waals surface area contributed by atoms with Crippen LogP contribution in [0.1, 0.15) is 26.2 Å². The summed E-state index contributed by atoms with van der Waals surface area (Å²) in [4.78, 5) is 11.5. The minimum absolute atomic E-state index is 0.197. The molecule has 1 aliphatic carbocycles. The number of sulfonamides is 1. The first-order valence-corrected chi connectivity index (χ1v) is 7.56. The van der Waals surface area contributed by atoms with Gasteiger partial charge in [-0.2, -0.15) is 0 Å². The van der Waals surface area contributed by atoms with Crippen molar-refractivity contribution >= 4 is 16.0 Å². The number of nitrogens with one attached hydrogen (secondary N) is 1. The Hall–Kier alpha value is -0.660. The summed E-state index contributed by atoms with van der Waals surface area (Å²) in [6.45, 7) is 1.98. The molecular weight excluding hydrogens is 258 g/mol. The van der Waals surface area contributed by atoms with Crippen molar-refractivity contribution in [3.05, 3.63) is 0 Å². The Morgan fingerprint density at radius 3 is 2.61 bits per heavy atom. The zero-order valence-corrected chi connectivity index (χ0v) is 11.8. The van der Waals surface area contributed by atoms with Crippen molar-refractivity contribution in [1.29, 1.82) is 0 Å². The maximum absolute atomic E-state index is 12.1. The summed E-state index contributed by atoms with van der Waals surface area (Å²) in [5, 5.41) is -0.686. The maximum atomic E-state index is 12.1. The summed E-state index contributed by atoms with van der Waals surface area (Å²) >= 11 is 0. The van der Waals surface area contributed by atoms with E-state index in [-0.39, 0.29) is 12.6 Å². The molecule has 0 heterocycles. The molecule has 106 valence electrons. The summed E-state index contributed by atoms with van der Waals surface area (Å²) in [6, 6.07) is 0. The summed E-state index contributed by atoms with van der Waals surface area (Å²) in [5.74, 6) is -0.993. The number of carbonyl (C=O) groups excluding carboxylic acids is 1. The van der Waals surface area contributed by atoms with Gasteiger partial charge in [0.15, 0.2) is 0 Å². The number of carbonyl (C=O) groups is 1. The highest BCUT2D eigenvalue weighted by atomic mass is 32.2. The normalized spacial score (nSPS) is 25.9. The van der Waals surface area contributed by atoms with Gasteiger partial charge in [0.25, 0.3) is 0 Å². The van der Waals surface area contributed by atoms with Gasteiger partial charge >= 0.3 is 5.97 Å². The van der Waals surface area contributed by atoms with Crippen molar-refractivity contribution in [3.8, 4) is 0 Å². The molecule has 3 unspecified atom stereocenters. The zero-order chi connectivity index (χ0) is 13.8. The topological polar surface area (TPSA) is 81.7 Å². The molecule has 0 amide bonds. The van der Waals surface area contributed by atoms with Crippen LogP contribution in [0.25, 0.3) is 0 Å². The number of ether oxygens (including phenoxy) is 2. The summed E-state index contributed by atoms with van der Waals surface area (Å²) in [7, 11) is -0.698. The molecular formula is C11H21NO5S. The molecule has 1 aliphatic rings. The van der Waals surface area contributed by atoms with Gasteiger partial charge in [0, 0.05) is 13.7 Å². The van der Waals surface area contributed by atoms with Gasteiger partial charge in [-0.3, -0.25) is 4.79 Å². The van der Waals surface area contributed by atoms with Gasteiger partial charge in [-0.1, -0.05) is 6.42 Å². The fourth-order valence-electron chi connectivity index (χ4n) is 2.14. The van der Waals surface area contributed by atoms with Gasteiger partial charge in [-0.15, -0.1) is 0 Å². The van der Waals surface area contributed by atoms with Crippen LogP contribution in [0.2, 0.25) is 0 Å². The van der Waals surface area contributed by atoms with Crippen LogP contribution in [-0.4, -0.2) is 46.5 Å². The van der Waals surface area contributed by atoms with E-state index in [0.717, 1.165) is 6.42 Å². The second-order valence-electron chi connectivity index (χ2n) is 4.54. The Labute approximate surface area is 108 Å². The van der Waals surface area contributed by atoms with E-state index in [0.29, 0.717) is 12.8 Å². The van der Waals surface area contributed by atoms with Crippen molar-refractivity contribution < 1.29 is 22.7 Å². The van der Waals surface area contributed by atoms with Crippen LogP contribution in [0.4, 0.5) is 0 Å². The maximum Gasteiger partial charge on any atom is 0.310 e. The number of hydrogen-bond acceptors (Lipinski definition) is 5. The molecule has 0 aromatic rings. The molecule has 1 rings (SSSR count). The molecule has 0 spiro atoms. The summed E-state index contributed by atoms with van der Waals surface area (Å²) in [5.41, 5.74) is 0. The van der Waals surface area contributed by atoms with E-state index >= 15 is 0 Å². The fraction of sp³-hybridized carbons (Fsp3) is 0.909. The second-order valence-corrected chi connectivity index (χ2v) is 6.52. The van der Waals surface area contributed by atoms with Crippen molar-refractivity contribution in [2.24, 2.45) is 5.92 Å². The third-order valence-corrected chi connectivity index (χ3v) is 5.26. The minimum Gasteiger partial charge on any atom is -0.469 e. The van der Waals surface area contributed by atoms with Gasteiger partial charge < -0.3 is 9.47 Å². The highest BCUT2D eigenvalue weighted by Crippen LogP contribution is 2.31. The van der Waals surface area contributed by atoms with E-state index < -0.39 is 27.2 Å². The molecule has 1 fully saturated rings. The van der Waals surface area contributed by atoms with Gasteiger partial charge in [-0.05, 0) is 19.8 Å². The quantitative estimate of drug-likeness (QED) is 0.706. The first-order chi connectivity index (χ1) is 8.42. The molecule has 0 aromatic carbocycles. The predicted octanol–water partition coefficient (Wildman–Crippen LogP) is 0.282. The monoisotopic (exact) mass is 279 g/mol. The van der Waals surface area contributed by atoms with Crippen LogP contribution in [0.3, 0.4) is 0 Å². The smallest absolute Gasteiger partial charge is 0.310 e. The Morgan fingerprint density at radius 2 is 2.06 bits per heavy atom. The van der Waals surface area contributed by atoms with Crippen molar-refractivity contribution in [1.82, 2.24) is 4.72 Å². The molecule has 3 atom stereocenters. The Balaban J connectivity index is 2.69. The van der Waals surface area contributed by atoms with Gasteiger partial charge in [0.2, 0.25) is 10.0 Å². The van der Waals surface area contributed by atoms with E-state index in [1.54, 1.807) is 6.92 Å². The molecule has 0 saturated heterocycles. The SMILES string of the molecule is COC(=O)C1CCCC1S(=O)(=O)NCC(C)OC. The standard InChI is InChI=1S/C11H21NO5S/c1-8(16-2)7-12-18(14,15)10-6-4-5-9(10)11(13)17-3/h8-10,12H,4-7H2,1-3H3. The summed E-state index contributed by atoms with van der Waals surface area (Å²) < 4.78 is 36.4. The lowest BCUT2D eigenvalue weighted by molar-refractivity contribution is -0.145. The third-order valence-electron chi connectivity index (χ3n) is 3.33. The van der Waals surface area contributed by atoms with Crippen LogP contribution < -0.4 is 4.72 Å². The molecule has 0 radical (unpaired) electrons. The predicted molar refractivity (Wildman–Crippen MR) is 66.5 cm³/mol. The lowest BCUT2D eigenvalue weighted by atomic mass is 10.1. The number of esters is 1. The van der Waals surface area contributed by atoms with E-state index in [1.165, 1.54) is 14.2 Å². The first-order valence-electron chi connectivity index (χ1n) is 6.01. The molecule has 0 aromatic heterocycles. The average Bonchev–Trinajstić information content (AvgIpc) is 2.85. The largest absolute Gasteiger partial charge is 0.469 e. The number of rotatable bonds is 6. The molecule has 18 heavy (non-hydrogen) atoms. The van der Waals surface area contributed by atoms with Crippen LogP contribution in [-0.2, 0) is 24.3 Å². The minimum atomic E-state index is -3.50. The Kier molecular flexibility index (Phi) is 5.55. The van der Waals surface area contributed by atoms with Crippen LogP contribution in [0.5, 0.6) is 0 Å². The highest BCUT2D eigenvalue weighted by Gasteiger charge is 2.42. The van der Waals surface area contributed by atoms with Crippen molar-refractivity contribution in [2.75, 3.05) is 20.8 Å². The van der Waals surface area contributed by atoms with Crippen LogP contribution >= 0.6 is 0 Å². The average molecular weight is 279 g/mol. The zero-order valence-electron chi connectivity index (χ0n) is 11.0. The van der Waals surface area contributed by atoms with Crippen LogP contribution in [0, 0.1) is 5.92 Å². The lowest BCUT2D eigenvalue weighted by Crippen LogP contribution is -2.42. The molecule has 1 N–H and O–H groups in total. The lowest BCUT2D eigenvalue weighted by Gasteiger charge is -2.19. The van der Waals surface area contributed by atoms with E-state index in [2.05, 4.69) is 9.46 Å². The van der Waals surface area contributed by atoms with Crippen LogP contribution in [0.15, 0.2) is 0 Å². The number of methoxy groups -OCH3 is 2. The molecule has 7 heteroatoms. The molecule has 1 saturated carbocycles. The van der Waals surface area contributed by atoms with E-state index in [4.69, 9.17) is 4.74 Å². The fourth-order valence-corrected chi connectivity index (χ4v) is 3.98. The van der Waals surface area contributed by atoms with Gasteiger partial charge in [0.05, 0.1) is 24.4 Å². The second kappa shape index (κ2) is 6.49. The highest BCUT2D eigenvalue weighted by molar-refractivity contribution is 7.90. The third kappa shape index (κ3) is 3.66. The summed E-state index contributed by atoms with van der Waals surface area (Å²) in [6.07, 6.45) is 1.59. The Bertz CT molecular complexity index is 381. The number of hydrogen-bond donors (Lipinski definition) is 1. The molecule has 0 bridgehead atoms. The van der Waals surface area contributed by atoms with E-state index in [9.17, 15) is 13.2 Å². The van der Waals surface area contributed by atoms with Crippen molar-refractivity contribution in [3.63, 3.8) is 0 Å². The Morgan fingerprint density at radius 1 is 1.39 bits per heavy atom. The first kappa shape index (κ1) is 15.4. The van der Waals surface area contributed by atoms with Gasteiger partial charge in [0.1, 0.15) is 0 Å². The molecule has 6 nitrogen and oxygen atoms in total.